The van der Waals surface area contributed by atoms with Gasteiger partial charge in [-0.1, -0.05) is 65.1 Å². The molecule has 3 nitrogen and oxygen atoms in total. The molecule has 3 rings (SSSR count). The van der Waals surface area contributed by atoms with Gasteiger partial charge in [-0.3, -0.25) is 4.79 Å². The Bertz CT molecular complexity index is 969. The van der Waals surface area contributed by atoms with Gasteiger partial charge in [-0.25, -0.2) is 0 Å². The van der Waals surface area contributed by atoms with E-state index in [-0.39, 0.29) is 12.3 Å². The average Bonchev–Trinajstić information content (AvgIpc) is 2.63. The second kappa shape index (κ2) is 8.66. The van der Waals surface area contributed by atoms with Crippen LogP contribution in [0.2, 0.25) is 15.1 Å². The summed E-state index contributed by atoms with van der Waals surface area (Å²) in [4.78, 5) is 12.5. The van der Waals surface area contributed by atoms with Gasteiger partial charge in [0.2, 0.25) is 5.91 Å². The summed E-state index contributed by atoms with van der Waals surface area (Å²) in [5.74, 6) is -0.144. The molecule has 27 heavy (non-hydrogen) atoms. The lowest BCUT2D eigenvalue weighted by atomic mass is 10.1. The zero-order valence-corrected chi connectivity index (χ0v) is 16.8. The smallest absolute Gasteiger partial charge is 0.228 e. The Morgan fingerprint density at radius 1 is 0.889 bits per heavy atom. The van der Waals surface area contributed by atoms with Crippen LogP contribution in [-0.4, -0.2) is 5.91 Å². The zero-order valence-electron chi connectivity index (χ0n) is 14.5. The number of para-hydroxylation sites is 2. The molecule has 0 atom stereocenters. The molecule has 2 N–H and O–H groups in total. The van der Waals surface area contributed by atoms with E-state index in [1.54, 1.807) is 24.3 Å². The number of anilines is 3. The van der Waals surface area contributed by atoms with Gasteiger partial charge in [0.05, 0.1) is 22.2 Å². The van der Waals surface area contributed by atoms with Gasteiger partial charge < -0.3 is 10.6 Å². The van der Waals surface area contributed by atoms with Crippen LogP contribution in [0.1, 0.15) is 11.1 Å². The van der Waals surface area contributed by atoms with Crippen LogP contribution in [0.15, 0.2) is 60.7 Å². The normalized spacial score (nSPS) is 10.5. The molecule has 0 unspecified atom stereocenters. The van der Waals surface area contributed by atoms with E-state index in [1.165, 1.54) is 0 Å². The molecule has 0 saturated heterocycles. The van der Waals surface area contributed by atoms with Crippen LogP contribution in [0, 0.1) is 6.92 Å². The van der Waals surface area contributed by atoms with Gasteiger partial charge in [0, 0.05) is 16.4 Å². The van der Waals surface area contributed by atoms with Crippen molar-refractivity contribution in [1.29, 1.82) is 0 Å². The molecule has 0 heterocycles. The van der Waals surface area contributed by atoms with Gasteiger partial charge in [0.25, 0.3) is 0 Å². The highest BCUT2D eigenvalue weighted by Gasteiger charge is 2.12. The van der Waals surface area contributed by atoms with E-state index >= 15 is 0 Å². The summed E-state index contributed by atoms with van der Waals surface area (Å²) in [5.41, 5.74) is 3.82. The summed E-state index contributed by atoms with van der Waals surface area (Å²) >= 11 is 18.6. The van der Waals surface area contributed by atoms with Crippen LogP contribution >= 0.6 is 34.8 Å². The summed E-state index contributed by atoms with van der Waals surface area (Å²) < 4.78 is 0. The van der Waals surface area contributed by atoms with Crippen LogP contribution in [0.5, 0.6) is 0 Å². The second-order valence-electron chi connectivity index (χ2n) is 6.07. The Kier molecular flexibility index (Phi) is 6.27. The van der Waals surface area contributed by atoms with Gasteiger partial charge in [-0.15, -0.1) is 0 Å². The van der Waals surface area contributed by atoms with E-state index in [2.05, 4.69) is 10.6 Å². The Balaban J connectivity index is 1.77. The van der Waals surface area contributed by atoms with Crippen molar-refractivity contribution < 1.29 is 4.79 Å². The fourth-order valence-electron chi connectivity index (χ4n) is 2.60. The lowest BCUT2D eigenvalue weighted by molar-refractivity contribution is -0.115. The maximum atomic E-state index is 12.5. The Morgan fingerprint density at radius 3 is 2.30 bits per heavy atom. The standard InChI is InChI=1S/C21H17Cl3N2O/c1-13-9-10-15(12-18(13)24)25-20(27)11-14-5-2-3-8-19(14)26-21-16(22)6-4-7-17(21)23/h2-10,12,26H,11H2,1H3,(H,25,27). The number of benzene rings is 3. The first-order chi connectivity index (χ1) is 12.9. The van der Waals surface area contributed by atoms with E-state index in [1.807, 2.05) is 43.3 Å². The predicted octanol–water partition coefficient (Wildman–Crippen LogP) is 6.88. The van der Waals surface area contributed by atoms with Crippen LogP contribution in [0.3, 0.4) is 0 Å². The third kappa shape index (κ3) is 4.95. The second-order valence-corrected chi connectivity index (χ2v) is 7.29. The van der Waals surface area contributed by atoms with Crippen LogP contribution in [-0.2, 0) is 11.2 Å². The number of rotatable bonds is 5. The lowest BCUT2D eigenvalue weighted by Crippen LogP contribution is -2.15. The molecule has 6 heteroatoms. The molecule has 138 valence electrons. The molecule has 3 aromatic carbocycles. The molecule has 0 saturated carbocycles. The molecule has 0 bridgehead atoms. The SMILES string of the molecule is Cc1ccc(NC(=O)Cc2ccccc2Nc2c(Cl)cccc2Cl)cc1Cl. The van der Waals surface area contributed by atoms with E-state index < -0.39 is 0 Å². The molecule has 0 aliphatic rings. The first kappa shape index (κ1) is 19.6. The third-order valence-corrected chi connectivity index (χ3v) is 5.08. The fraction of sp³-hybridized carbons (Fsp3) is 0.0952. The number of hydrogen-bond acceptors (Lipinski definition) is 2. The highest BCUT2D eigenvalue weighted by atomic mass is 35.5. The minimum absolute atomic E-state index is 0.144. The van der Waals surface area contributed by atoms with Crippen molar-refractivity contribution in [3.05, 3.63) is 86.9 Å². The van der Waals surface area contributed by atoms with E-state index in [0.29, 0.717) is 26.4 Å². The van der Waals surface area contributed by atoms with Crippen molar-refractivity contribution in [2.45, 2.75) is 13.3 Å². The monoisotopic (exact) mass is 418 g/mol. The molecule has 0 aromatic heterocycles. The molecule has 0 fully saturated rings. The van der Waals surface area contributed by atoms with Gasteiger partial charge >= 0.3 is 0 Å². The lowest BCUT2D eigenvalue weighted by Gasteiger charge is -2.14. The summed E-state index contributed by atoms with van der Waals surface area (Å²) in [7, 11) is 0. The maximum Gasteiger partial charge on any atom is 0.228 e. The minimum Gasteiger partial charge on any atom is -0.353 e. The van der Waals surface area contributed by atoms with Gasteiger partial charge in [-0.2, -0.15) is 0 Å². The van der Waals surface area contributed by atoms with Crippen molar-refractivity contribution in [3.63, 3.8) is 0 Å². The molecule has 0 radical (unpaired) electrons. The average molecular weight is 420 g/mol. The Hall–Kier alpha value is -2.20. The number of aryl methyl sites for hydroxylation is 1. The molecule has 3 aromatic rings. The van der Waals surface area contributed by atoms with Crippen molar-refractivity contribution in [1.82, 2.24) is 0 Å². The quantitative estimate of drug-likeness (QED) is 0.473. The van der Waals surface area contributed by atoms with Gasteiger partial charge in [-0.05, 0) is 48.4 Å². The Labute approximate surface area is 173 Å². The predicted molar refractivity (Wildman–Crippen MR) is 115 cm³/mol. The maximum absolute atomic E-state index is 12.5. The number of carbonyl (C=O) groups is 1. The molecule has 0 spiro atoms. The number of hydrogen-bond donors (Lipinski definition) is 2. The largest absolute Gasteiger partial charge is 0.353 e. The molecular formula is C21H17Cl3N2O. The van der Waals surface area contributed by atoms with Crippen LogP contribution in [0.4, 0.5) is 17.1 Å². The fourth-order valence-corrected chi connectivity index (χ4v) is 3.27. The molecule has 1 amide bonds. The number of nitrogens with one attached hydrogen (secondary N) is 2. The topological polar surface area (TPSA) is 41.1 Å². The van der Waals surface area contributed by atoms with E-state index in [9.17, 15) is 4.79 Å². The number of amides is 1. The zero-order chi connectivity index (χ0) is 19.4. The molecule has 0 aliphatic heterocycles. The van der Waals surface area contributed by atoms with Crippen molar-refractivity contribution in [2.75, 3.05) is 10.6 Å². The summed E-state index contributed by atoms with van der Waals surface area (Å²) in [6.45, 7) is 1.91. The van der Waals surface area contributed by atoms with E-state index in [4.69, 9.17) is 34.8 Å². The van der Waals surface area contributed by atoms with Crippen molar-refractivity contribution in [3.8, 4) is 0 Å². The summed E-state index contributed by atoms with van der Waals surface area (Å²) in [6, 6.07) is 18.3. The molecular weight excluding hydrogens is 403 g/mol. The van der Waals surface area contributed by atoms with Crippen LogP contribution < -0.4 is 10.6 Å². The minimum atomic E-state index is -0.144. The van der Waals surface area contributed by atoms with Crippen molar-refractivity contribution in [2.24, 2.45) is 0 Å². The van der Waals surface area contributed by atoms with Gasteiger partial charge in [0.15, 0.2) is 0 Å². The summed E-state index contributed by atoms with van der Waals surface area (Å²) in [6.07, 6.45) is 0.191. The Morgan fingerprint density at radius 2 is 1.59 bits per heavy atom. The highest BCUT2D eigenvalue weighted by Crippen LogP contribution is 2.33. The number of halogens is 3. The van der Waals surface area contributed by atoms with E-state index in [0.717, 1.165) is 16.8 Å². The molecule has 0 aliphatic carbocycles. The first-order valence-corrected chi connectivity index (χ1v) is 9.42. The first-order valence-electron chi connectivity index (χ1n) is 8.29. The van der Waals surface area contributed by atoms with Gasteiger partial charge in [0.1, 0.15) is 0 Å². The summed E-state index contributed by atoms with van der Waals surface area (Å²) in [5, 5.41) is 7.73. The highest BCUT2D eigenvalue weighted by molar-refractivity contribution is 6.39. The van der Waals surface area contributed by atoms with Crippen molar-refractivity contribution >= 4 is 57.8 Å². The number of carbonyl (C=O) groups excluding carboxylic acids is 1. The van der Waals surface area contributed by atoms with Crippen LogP contribution in [0.25, 0.3) is 0 Å². The third-order valence-electron chi connectivity index (χ3n) is 4.05.